The number of phenols is 1. The fourth-order valence-corrected chi connectivity index (χ4v) is 4.53. The van der Waals surface area contributed by atoms with Crippen molar-refractivity contribution in [2.75, 3.05) is 0 Å². The van der Waals surface area contributed by atoms with Crippen LogP contribution in [0.4, 0.5) is 0 Å². The summed E-state index contributed by atoms with van der Waals surface area (Å²) in [6.45, 7) is 10.6. The van der Waals surface area contributed by atoms with Crippen molar-refractivity contribution in [1.29, 1.82) is 0 Å². The first kappa shape index (κ1) is 18.3. The molecular formula is C22H33NO2. The number of unbranched alkanes of at least 4 members (excludes halogenated alkanes) is 2. The molecule has 0 saturated heterocycles. The van der Waals surface area contributed by atoms with Crippen LogP contribution < -0.4 is 10.5 Å². The number of aryl methyl sites for hydroxylation is 1. The molecule has 3 rings (SSSR count). The second-order valence-corrected chi connectivity index (χ2v) is 8.54. The minimum atomic E-state index is -0.493. The fourth-order valence-electron chi connectivity index (χ4n) is 4.53. The number of hydrogen-bond acceptors (Lipinski definition) is 3. The van der Waals surface area contributed by atoms with Crippen LogP contribution in [0.3, 0.4) is 0 Å². The first-order valence-electron chi connectivity index (χ1n) is 9.70. The van der Waals surface area contributed by atoms with Gasteiger partial charge in [0.1, 0.15) is 17.1 Å². The van der Waals surface area contributed by atoms with Gasteiger partial charge in [-0.15, -0.1) is 0 Å². The van der Waals surface area contributed by atoms with E-state index < -0.39 is 11.1 Å². The van der Waals surface area contributed by atoms with Gasteiger partial charge in [0.2, 0.25) is 0 Å². The highest BCUT2D eigenvalue weighted by Crippen LogP contribution is 2.56. The molecule has 0 amide bonds. The van der Waals surface area contributed by atoms with Gasteiger partial charge in [-0.25, -0.2) is 0 Å². The Kier molecular flexibility index (Phi) is 4.65. The van der Waals surface area contributed by atoms with Gasteiger partial charge >= 0.3 is 0 Å². The molecule has 1 aliphatic heterocycles. The molecule has 25 heavy (non-hydrogen) atoms. The summed E-state index contributed by atoms with van der Waals surface area (Å²) in [5, 5.41) is 11.0. The number of fused-ring (bicyclic) bond motifs is 3. The Hall–Kier alpha value is -1.48. The molecule has 3 N–H and O–H groups in total. The van der Waals surface area contributed by atoms with E-state index >= 15 is 0 Å². The highest BCUT2D eigenvalue weighted by atomic mass is 16.5. The van der Waals surface area contributed by atoms with Gasteiger partial charge in [-0.2, -0.15) is 0 Å². The molecule has 1 aromatic rings. The van der Waals surface area contributed by atoms with Gasteiger partial charge in [0.05, 0.1) is 5.54 Å². The molecule has 0 bridgehead atoms. The van der Waals surface area contributed by atoms with Crippen LogP contribution in [0.15, 0.2) is 17.7 Å². The lowest BCUT2D eigenvalue weighted by Crippen LogP contribution is -2.66. The van der Waals surface area contributed by atoms with Crippen molar-refractivity contribution in [2.24, 2.45) is 5.73 Å². The van der Waals surface area contributed by atoms with Crippen molar-refractivity contribution in [3.05, 3.63) is 34.4 Å². The maximum Gasteiger partial charge on any atom is 0.127 e. The maximum atomic E-state index is 11.0. The SMILES string of the molecule is CCCCCc1cc2c(c(O)c1C)C1CC(C)=CCC1(N)C(C)(C)O2. The summed E-state index contributed by atoms with van der Waals surface area (Å²) >= 11 is 0. The maximum absolute atomic E-state index is 11.0. The van der Waals surface area contributed by atoms with Crippen LogP contribution in [-0.2, 0) is 6.42 Å². The molecule has 0 aromatic heterocycles. The monoisotopic (exact) mass is 343 g/mol. The lowest BCUT2D eigenvalue weighted by molar-refractivity contribution is -0.0144. The quantitative estimate of drug-likeness (QED) is 0.589. The lowest BCUT2D eigenvalue weighted by Gasteiger charge is -2.54. The van der Waals surface area contributed by atoms with Crippen LogP contribution in [0.1, 0.15) is 82.4 Å². The van der Waals surface area contributed by atoms with E-state index in [0.29, 0.717) is 5.75 Å². The van der Waals surface area contributed by atoms with E-state index in [1.165, 1.54) is 24.0 Å². The number of rotatable bonds is 4. The summed E-state index contributed by atoms with van der Waals surface area (Å²) in [7, 11) is 0. The summed E-state index contributed by atoms with van der Waals surface area (Å²) in [5.41, 5.74) is 10.4. The average Bonchev–Trinajstić information content (AvgIpc) is 2.54. The van der Waals surface area contributed by atoms with E-state index in [1.54, 1.807) is 0 Å². The van der Waals surface area contributed by atoms with Crippen molar-refractivity contribution in [3.63, 3.8) is 0 Å². The molecule has 1 aliphatic carbocycles. The molecule has 2 atom stereocenters. The molecule has 2 aliphatic rings. The van der Waals surface area contributed by atoms with Crippen molar-refractivity contribution in [1.82, 2.24) is 0 Å². The van der Waals surface area contributed by atoms with Gasteiger partial charge < -0.3 is 15.6 Å². The second-order valence-electron chi connectivity index (χ2n) is 8.54. The van der Waals surface area contributed by atoms with Crippen LogP contribution in [0.2, 0.25) is 0 Å². The number of hydrogen-bond donors (Lipinski definition) is 2. The highest BCUT2D eigenvalue weighted by molar-refractivity contribution is 5.58. The van der Waals surface area contributed by atoms with E-state index in [-0.39, 0.29) is 5.92 Å². The van der Waals surface area contributed by atoms with Gasteiger partial charge in [-0.05, 0) is 70.6 Å². The zero-order valence-electron chi connectivity index (χ0n) is 16.4. The Morgan fingerprint density at radius 1 is 1.28 bits per heavy atom. The van der Waals surface area contributed by atoms with Crippen molar-refractivity contribution in [3.8, 4) is 11.5 Å². The standard InChI is InChI=1S/C22H33NO2/c1-6-7-8-9-16-13-18-19(20(24)15(16)3)17-12-14(2)10-11-22(17,23)21(4,5)25-18/h10,13,17,24H,6-9,11-12,23H2,1-5H3. The fraction of sp³-hybridized carbons (Fsp3) is 0.636. The molecule has 2 unspecified atom stereocenters. The van der Waals surface area contributed by atoms with Crippen molar-refractivity contribution in [2.45, 2.75) is 90.2 Å². The highest BCUT2D eigenvalue weighted by Gasteiger charge is 2.55. The van der Waals surface area contributed by atoms with Crippen LogP contribution in [0.5, 0.6) is 11.5 Å². The van der Waals surface area contributed by atoms with Gasteiger partial charge in [0.25, 0.3) is 0 Å². The van der Waals surface area contributed by atoms with Crippen LogP contribution in [0.25, 0.3) is 0 Å². The summed E-state index contributed by atoms with van der Waals surface area (Å²) in [4.78, 5) is 0. The third-order valence-corrected chi connectivity index (χ3v) is 6.48. The average molecular weight is 344 g/mol. The second kappa shape index (κ2) is 6.35. The van der Waals surface area contributed by atoms with Crippen LogP contribution in [0, 0.1) is 6.92 Å². The number of allylic oxidation sites excluding steroid dienone is 1. The Morgan fingerprint density at radius 3 is 2.68 bits per heavy atom. The van der Waals surface area contributed by atoms with E-state index in [2.05, 4.69) is 39.8 Å². The molecule has 0 saturated carbocycles. The van der Waals surface area contributed by atoms with E-state index in [9.17, 15) is 5.11 Å². The molecule has 1 heterocycles. The summed E-state index contributed by atoms with van der Waals surface area (Å²) in [6.07, 6.45) is 8.44. The first-order chi connectivity index (χ1) is 11.7. The number of aromatic hydroxyl groups is 1. The number of nitrogens with two attached hydrogens (primary N) is 1. The molecule has 1 aromatic carbocycles. The Labute approximate surface area is 152 Å². The zero-order valence-corrected chi connectivity index (χ0v) is 16.4. The predicted molar refractivity (Wildman–Crippen MR) is 103 cm³/mol. The minimum absolute atomic E-state index is 0.0969. The Morgan fingerprint density at radius 2 is 2.00 bits per heavy atom. The number of benzene rings is 1. The molecule has 0 fully saturated rings. The Balaban J connectivity index is 2.09. The van der Waals surface area contributed by atoms with Crippen LogP contribution >= 0.6 is 0 Å². The normalized spacial score (nSPS) is 27.1. The minimum Gasteiger partial charge on any atom is -0.507 e. The van der Waals surface area contributed by atoms with Crippen LogP contribution in [-0.4, -0.2) is 16.2 Å². The molecule has 138 valence electrons. The number of phenolic OH excluding ortho intramolecular Hbond substituents is 1. The molecular weight excluding hydrogens is 310 g/mol. The largest absolute Gasteiger partial charge is 0.507 e. The summed E-state index contributed by atoms with van der Waals surface area (Å²) in [6, 6.07) is 2.16. The molecule has 0 radical (unpaired) electrons. The van der Waals surface area contributed by atoms with Gasteiger partial charge in [-0.3, -0.25) is 0 Å². The van der Waals surface area contributed by atoms with E-state index in [1.807, 2.05) is 6.92 Å². The third kappa shape index (κ3) is 2.87. The van der Waals surface area contributed by atoms with Gasteiger partial charge in [0, 0.05) is 11.5 Å². The lowest BCUT2D eigenvalue weighted by atomic mass is 9.61. The van der Waals surface area contributed by atoms with Gasteiger partial charge in [0.15, 0.2) is 0 Å². The van der Waals surface area contributed by atoms with E-state index in [4.69, 9.17) is 10.5 Å². The topological polar surface area (TPSA) is 55.5 Å². The summed E-state index contributed by atoms with van der Waals surface area (Å²) in [5.74, 6) is 1.33. The zero-order chi connectivity index (χ0) is 18.4. The van der Waals surface area contributed by atoms with Gasteiger partial charge in [-0.1, -0.05) is 31.4 Å². The number of ether oxygens (including phenoxy) is 1. The predicted octanol–water partition coefficient (Wildman–Crippen LogP) is 5.13. The summed E-state index contributed by atoms with van der Waals surface area (Å²) < 4.78 is 6.40. The smallest absolute Gasteiger partial charge is 0.127 e. The third-order valence-electron chi connectivity index (χ3n) is 6.48. The Bertz CT molecular complexity index is 704. The molecule has 3 nitrogen and oxygen atoms in total. The van der Waals surface area contributed by atoms with Crippen molar-refractivity contribution < 1.29 is 9.84 Å². The molecule has 3 heteroatoms. The van der Waals surface area contributed by atoms with E-state index in [0.717, 1.165) is 42.6 Å². The van der Waals surface area contributed by atoms with Crippen molar-refractivity contribution >= 4 is 0 Å². The first-order valence-corrected chi connectivity index (χ1v) is 9.70. The molecule has 0 spiro atoms.